The third-order valence-electron chi connectivity index (χ3n) is 4.01. The number of sulfone groups is 1. The topological polar surface area (TPSA) is 79.8 Å². The molecular weight excluding hydrogens is 400 g/mol. The normalized spacial score (nSPS) is 12.0. The van der Waals surface area contributed by atoms with E-state index in [1.807, 2.05) is 0 Å². The Hall–Kier alpha value is -2.68. The summed E-state index contributed by atoms with van der Waals surface area (Å²) in [5.41, 5.74) is 1.73. The van der Waals surface area contributed by atoms with Crippen molar-refractivity contribution in [3.8, 4) is 5.75 Å². The molecule has 29 heavy (non-hydrogen) atoms. The van der Waals surface area contributed by atoms with Gasteiger partial charge in [0.05, 0.1) is 12.4 Å². The summed E-state index contributed by atoms with van der Waals surface area (Å²) in [6.07, 6.45) is 1.13. The van der Waals surface area contributed by atoms with Gasteiger partial charge < -0.3 is 15.4 Å². The molecule has 158 valence electrons. The highest BCUT2D eigenvalue weighted by molar-refractivity contribution is 7.89. The molecule has 0 aliphatic rings. The number of hydrogen-bond donors (Lipinski definition) is 2. The van der Waals surface area contributed by atoms with Crippen molar-refractivity contribution in [3.05, 3.63) is 64.7 Å². The molecule has 0 aromatic heterocycles. The van der Waals surface area contributed by atoms with Gasteiger partial charge in [0.15, 0.2) is 27.4 Å². The molecule has 0 atom stereocenters. The lowest BCUT2D eigenvalue weighted by molar-refractivity contribution is 0.321. The molecule has 0 radical (unpaired) electrons. The first-order chi connectivity index (χ1) is 13.7. The molecule has 9 heteroatoms. The maximum absolute atomic E-state index is 13.9. The molecular formula is C20H25F2N3O3S. The van der Waals surface area contributed by atoms with E-state index in [2.05, 4.69) is 15.6 Å². The molecule has 0 aliphatic heterocycles. The fourth-order valence-electron chi connectivity index (χ4n) is 2.69. The van der Waals surface area contributed by atoms with Gasteiger partial charge in [0.1, 0.15) is 5.82 Å². The van der Waals surface area contributed by atoms with Crippen molar-refractivity contribution in [3.63, 3.8) is 0 Å². The third-order valence-corrected chi connectivity index (χ3v) is 4.85. The van der Waals surface area contributed by atoms with Crippen LogP contribution in [0.5, 0.6) is 5.75 Å². The van der Waals surface area contributed by atoms with Crippen molar-refractivity contribution < 1.29 is 21.9 Å². The second-order valence-electron chi connectivity index (χ2n) is 6.46. The summed E-state index contributed by atoms with van der Waals surface area (Å²) >= 11 is 0. The highest BCUT2D eigenvalue weighted by Gasteiger charge is 2.11. The summed E-state index contributed by atoms with van der Waals surface area (Å²) in [6, 6.07) is 8.68. The molecule has 0 unspecified atom stereocenters. The number of nitrogens with zero attached hydrogens (tertiary/aromatic N) is 1. The molecule has 0 spiro atoms. The fraction of sp³-hybridized carbons (Fsp3) is 0.350. The zero-order valence-corrected chi connectivity index (χ0v) is 17.4. The largest absolute Gasteiger partial charge is 0.491 e. The van der Waals surface area contributed by atoms with Gasteiger partial charge in [0.25, 0.3) is 0 Å². The van der Waals surface area contributed by atoms with Gasteiger partial charge in [-0.3, -0.25) is 4.99 Å². The van der Waals surface area contributed by atoms with Gasteiger partial charge in [-0.15, -0.1) is 0 Å². The summed E-state index contributed by atoms with van der Waals surface area (Å²) in [7, 11) is -1.69. The minimum atomic E-state index is -3.26. The van der Waals surface area contributed by atoms with Crippen LogP contribution in [-0.2, 0) is 28.7 Å². The van der Waals surface area contributed by atoms with E-state index in [1.165, 1.54) is 24.3 Å². The standard InChI is InChI=1S/C20H25F2N3O3S/c1-4-28-19-8-5-14(9-18(19)22)11-24-20(23-2)25-12-16-10-17(21)7-6-15(16)13-29(3,26)27/h5-10H,4,11-13H2,1-3H3,(H2,23,24,25). The number of halogens is 2. The van der Waals surface area contributed by atoms with Gasteiger partial charge in [-0.2, -0.15) is 0 Å². The predicted octanol–water partition coefficient (Wildman–Crippen LogP) is 2.77. The SMILES string of the molecule is CCOc1ccc(CNC(=NC)NCc2cc(F)ccc2CS(C)(=O)=O)cc1F. The van der Waals surface area contributed by atoms with Crippen LogP contribution in [0.2, 0.25) is 0 Å². The monoisotopic (exact) mass is 425 g/mol. The van der Waals surface area contributed by atoms with Crippen LogP contribution in [-0.4, -0.2) is 34.3 Å². The lowest BCUT2D eigenvalue weighted by Gasteiger charge is -2.15. The van der Waals surface area contributed by atoms with E-state index in [0.29, 0.717) is 35.8 Å². The van der Waals surface area contributed by atoms with Crippen molar-refractivity contribution >= 4 is 15.8 Å². The summed E-state index contributed by atoms with van der Waals surface area (Å²) in [6.45, 7) is 2.65. The molecule has 0 heterocycles. The first-order valence-electron chi connectivity index (χ1n) is 9.02. The second-order valence-corrected chi connectivity index (χ2v) is 8.60. The van der Waals surface area contributed by atoms with Crippen LogP contribution >= 0.6 is 0 Å². The van der Waals surface area contributed by atoms with Crippen LogP contribution in [0, 0.1) is 11.6 Å². The van der Waals surface area contributed by atoms with Crippen LogP contribution in [0.15, 0.2) is 41.4 Å². The molecule has 2 aromatic rings. The van der Waals surface area contributed by atoms with E-state index < -0.39 is 21.5 Å². The molecule has 0 saturated carbocycles. The van der Waals surface area contributed by atoms with Crippen molar-refractivity contribution in [2.24, 2.45) is 4.99 Å². The van der Waals surface area contributed by atoms with E-state index in [9.17, 15) is 17.2 Å². The van der Waals surface area contributed by atoms with E-state index in [4.69, 9.17) is 4.74 Å². The van der Waals surface area contributed by atoms with Crippen molar-refractivity contribution in [2.45, 2.75) is 25.8 Å². The molecule has 2 rings (SSSR count). The van der Waals surface area contributed by atoms with Gasteiger partial charge in [0.2, 0.25) is 0 Å². The molecule has 0 bridgehead atoms. The zero-order valence-electron chi connectivity index (χ0n) is 16.6. The molecule has 2 N–H and O–H groups in total. The Morgan fingerprint density at radius 2 is 1.79 bits per heavy atom. The molecule has 0 aliphatic carbocycles. The van der Waals surface area contributed by atoms with E-state index in [0.717, 1.165) is 6.26 Å². The van der Waals surface area contributed by atoms with Crippen LogP contribution < -0.4 is 15.4 Å². The number of nitrogens with one attached hydrogen (secondary N) is 2. The molecule has 0 fully saturated rings. The Balaban J connectivity index is 2.01. The highest BCUT2D eigenvalue weighted by atomic mass is 32.2. The van der Waals surface area contributed by atoms with Crippen molar-refractivity contribution in [2.75, 3.05) is 19.9 Å². The molecule has 0 saturated heterocycles. The zero-order chi connectivity index (χ0) is 21.4. The average Bonchev–Trinajstić information content (AvgIpc) is 2.65. The Labute approximate surface area is 169 Å². The summed E-state index contributed by atoms with van der Waals surface area (Å²) in [5.74, 6) is -0.467. The number of guanidine groups is 1. The van der Waals surface area contributed by atoms with Gasteiger partial charge in [-0.1, -0.05) is 12.1 Å². The lowest BCUT2D eigenvalue weighted by atomic mass is 10.1. The molecule has 0 amide bonds. The number of aliphatic imine (C=N–C) groups is 1. The van der Waals surface area contributed by atoms with Gasteiger partial charge in [-0.05, 0) is 47.9 Å². The van der Waals surface area contributed by atoms with Crippen LogP contribution in [0.4, 0.5) is 8.78 Å². The number of benzene rings is 2. The smallest absolute Gasteiger partial charge is 0.191 e. The van der Waals surface area contributed by atoms with Crippen LogP contribution in [0.1, 0.15) is 23.6 Å². The maximum Gasteiger partial charge on any atom is 0.191 e. The molecule has 2 aromatic carbocycles. The summed E-state index contributed by atoms with van der Waals surface area (Å²) in [4.78, 5) is 4.08. The minimum absolute atomic E-state index is 0.179. The van der Waals surface area contributed by atoms with Crippen molar-refractivity contribution in [1.82, 2.24) is 10.6 Å². The summed E-state index contributed by atoms with van der Waals surface area (Å²) in [5, 5.41) is 6.05. The minimum Gasteiger partial charge on any atom is -0.491 e. The summed E-state index contributed by atoms with van der Waals surface area (Å²) < 4.78 is 55.9. The third kappa shape index (κ3) is 7.34. The number of ether oxygens (including phenoxy) is 1. The van der Waals surface area contributed by atoms with Gasteiger partial charge >= 0.3 is 0 Å². The number of rotatable bonds is 8. The maximum atomic E-state index is 13.9. The van der Waals surface area contributed by atoms with E-state index in [1.54, 1.807) is 26.1 Å². The van der Waals surface area contributed by atoms with Gasteiger partial charge in [-0.25, -0.2) is 17.2 Å². The Kier molecular flexibility index (Phi) is 7.95. The predicted molar refractivity (Wildman–Crippen MR) is 110 cm³/mol. The van der Waals surface area contributed by atoms with E-state index >= 15 is 0 Å². The van der Waals surface area contributed by atoms with E-state index in [-0.39, 0.29) is 18.0 Å². The Morgan fingerprint density at radius 1 is 1.07 bits per heavy atom. The van der Waals surface area contributed by atoms with Crippen LogP contribution in [0.25, 0.3) is 0 Å². The quantitative estimate of drug-likeness (QED) is 0.502. The Morgan fingerprint density at radius 3 is 2.41 bits per heavy atom. The number of hydrogen-bond acceptors (Lipinski definition) is 4. The highest BCUT2D eigenvalue weighted by Crippen LogP contribution is 2.18. The lowest BCUT2D eigenvalue weighted by Crippen LogP contribution is -2.36. The fourth-order valence-corrected chi connectivity index (χ4v) is 3.54. The van der Waals surface area contributed by atoms with Crippen LogP contribution in [0.3, 0.4) is 0 Å². The second kappa shape index (κ2) is 10.2. The first kappa shape index (κ1) is 22.6. The van der Waals surface area contributed by atoms with Crippen molar-refractivity contribution in [1.29, 1.82) is 0 Å². The Bertz CT molecular complexity index is 979. The molecule has 6 nitrogen and oxygen atoms in total. The van der Waals surface area contributed by atoms with Gasteiger partial charge in [0, 0.05) is 26.4 Å². The average molecular weight is 426 g/mol. The first-order valence-corrected chi connectivity index (χ1v) is 11.1.